The van der Waals surface area contributed by atoms with Gasteiger partial charge in [0, 0.05) is 27.4 Å². The number of ether oxygens (including phenoxy) is 2. The number of aromatic amines is 2. The van der Waals surface area contributed by atoms with Crippen molar-refractivity contribution < 1.29 is 28.7 Å². The van der Waals surface area contributed by atoms with E-state index in [2.05, 4.69) is 57.0 Å². The Balaban J connectivity index is 0.869. The minimum atomic E-state index is -0.880. The lowest BCUT2D eigenvalue weighted by atomic mass is 10.1. The van der Waals surface area contributed by atoms with E-state index >= 15 is 0 Å². The summed E-state index contributed by atoms with van der Waals surface area (Å²) < 4.78 is 12.0. The minimum Gasteiger partial charge on any atom is -0.453 e. The molecule has 7 aromatic rings. The maximum atomic E-state index is 13.9. The molecule has 0 spiro atoms. The van der Waals surface area contributed by atoms with Crippen LogP contribution in [0.5, 0.6) is 0 Å². The first-order valence-electron chi connectivity index (χ1n) is 20.4. The fourth-order valence-electron chi connectivity index (χ4n) is 8.39. The van der Waals surface area contributed by atoms with Gasteiger partial charge < -0.3 is 39.9 Å². The fraction of sp³-hybridized carbons (Fsp3) is 0.261. The molecule has 3 aromatic carbocycles. The molecule has 4 N–H and O–H groups in total. The van der Waals surface area contributed by atoms with Gasteiger partial charge in [0.05, 0.1) is 55.0 Å². The van der Waals surface area contributed by atoms with Crippen LogP contribution in [0.25, 0.3) is 41.7 Å². The number of nitrogens with zero attached hydrogens (tertiary/aromatic N) is 4. The SMILES string of the molecule is COC(=O)NC(C(=O)N1CCCC1c1ncc(-c2ccc(-c3cc4sc(-c5cnc(C6CCCN6C(=O)C(NC(=O)OC)c6ccccc6)[nH]5)cc4s3)cc2)[nH]1)c1ccccc1. The summed E-state index contributed by atoms with van der Waals surface area (Å²) >= 11 is 3.42. The van der Waals surface area contributed by atoms with Crippen LogP contribution >= 0.6 is 22.7 Å². The predicted octanol–water partition coefficient (Wildman–Crippen LogP) is 8.93. The monoisotopic (exact) mass is 868 g/mol. The number of H-pyrrole nitrogens is 2. The number of hydrogen-bond acceptors (Lipinski definition) is 10. The van der Waals surface area contributed by atoms with Crippen LogP contribution in [0.2, 0.25) is 0 Å². The molecule has 2 fully saturated rings. The topological polar surface area (TPSA) is 175 Å². The van der Waals surface area contributed by atoms with Crippen LogP contribution in [0.3, 0.4) is 0 Å². The molecule has 316 valence electrons. The number of thiophene rings is 2. The summed E-state index contributed by atoms with van der Waals surface area (Å²) in [6.45, 7) is 1.11. The van der Waals surface area contributed by atoms with Crippen LogP contribution in [0.1, 0.15) is 72.6 Å². The highest BCUT2D eigenvalue weighted by Gasteiger charge is 2.38. The van der Waals surface area contributed by atoms with Crippen LogP contribution in [-0.2, 0) is 19.1 Å². The highest BCUT2D eigenvalue weighted by molar-refractivity contribution is 7.31. The third kappa shape index (κ3) is 8.18. The number of benzene rings is 3. The van der Waals surface area contributed by atoms with Crippen LogP contribution < -0.4 is 10.6 Å². The number of carbonyl (C=O) groups excluding carboxylic acids is 4. The predicted molar refractivity (Wildman–Crippen MR) is 237 cm³/mol. The molecule has 4 unspecified atom stereocenters. The van der Waals surface area contributed by atoms with Gasteiger partial charge in [-0.2, -0.15) is 0 Å². The zero-order valence-electron chi connectivity index (χ0n) is 34.0. The average Bonchev–Trinajstić information content (AvgIpc) is 4.17. The molecule has 4 amide bonds. The number of rotatable bonds is 11. The molecule has 4 atom stereocenters. The summed E-state index contributed by atoms with van der Waals surface area (Å²) in [6, 6.07) is 28.9. The van der Waals surface area contributed by atoms with Crippen molar-refractivity contribution in [2.24, 2.45) is 0 Å². The molecular weight excluding hydrogens is 825 g/mol. The number of nitrogens with one attached hydrogen (secondary N) is 4. The van der Waals surface area contributed by atoms with Crippen molar-refractivity contribution in [3.05, 3.63) is 132 Å². The second kappa shape index (κ2) is 17.7. The molecule has 2 saturated heterocycles. The molecule has 4 aromatic heterocycles. The van der Waals surface area contributed by atoms with Gasteiger partial charge in [0.25, 0.3) is 11.8 Å². The average molecular weight is 869 g/mol. The Kier molecular flexibility index (Phi) is 11.6. The maximum absolute atomic E-state index is 13.9. The number of likely N-dealkylation sites (tertiary alicyclic amines) is 2. The quantitative estimate of drug-likeness (QED) is 0.0997. The molecule has 62 heavy (non-hydrogen) atoms. The number of hydrogen-bond donors (Lipinski definition) is 4. The zero-order valence-corrected chi connectivity index (χ0v) is 35.6. The maximum Gasteiger partial charge on any atom is 0.407 e. The number of methoxy groups -OCH3 is 2. The third-order valence-electron chi connectivity index (χ3n) is 11.5. The van der Waals surface area contributed by atoms with E-state index in [0.29, 0.717) is 30.0 Å². The summed E-state index contributed by atoms with van der Waals surface area (Å²) in [4.78, 5) is 74.6. The lowest BCUT2D eigenvalue weighted by Crippen LogP contribution is -2.42. The fourth-order valence-corrected chi connectivity index (χ4v) is 10.8. The normalized spacial score (nSPS) is 17.2. The molecule has 14 nitrogen and oxygen atoms in total. The second-order valence-corrected chi connectivity index (χ2v) is 17.4. The Labute approximate surface area is 365 Å². The second-order valence-electron chi connectivity index (χ2n) is 15.2. The highest BCUT2D eigenvalue weighted by Crippen LogP contribution is 2.43. The van der Waals surface area contributed by atoms with Gasteiger partial charge in [0.2, 0.25) is 0 Å². The Bertz CT molecular complexity index is 2680. The van der Waals surface area contributed by atoms with Crippen molar-refractivity contribution in [3.8, 4) is 32.3 Å². The van der Waals surface area contributed by atoms with Crippen molar-refractivity contribution in [1.82, 2.24) is 40.4 Å². The number of imidazole rings is 2. The molecule has 2 aliphatic rings. The van der Waals surface area contributed by atoms with Gasteiger partial charge in [-0.3, -0.25) is 9.59 Å². The number of alkyl carbamates (subject to hydrolysis) is 2. The third-order valence-corrected chi connectivity index (χ3v) is 13.9. The zero-order chi connectivity index (χ0) is 42.7. The Hall–Kier alpha value is -6.78. The van der Waals surface area contributed by atoms with Gasteiger partial charge in [0.15, 0.2) is 0 Å². The van der Waals surface area contributed by atoms with Crippen molar-refractivity contribution in [2.75, 3.05) is 27.3 Å². The summed E-state index contributed by atoms with van der Waals surface area (Å²) in [7, 11) is 2.57. The summed E-state index contributed by atoms with van der Waals surface area (Å²) in [6.07, 6.45) is 5.46. The lowest BCUT2D eigenvalue weighted by Gasteiger charge is -2.28. The molecule has 6 heterocycles. The number of carbonyl (C=O) groups is 4. The molecular formula is C46H44N8O6S2. The Morgan fingerprint density at radius 2 is 1.08 bits per heavy atom. The number of amides is 4. The largest absolute Gasteiger partial charge is 0.453 e. The molecule has 2 aliphatic heterocycles. The lowest BCUT2D eigenvalue weighted by molar-refractivity contribution is -0.135. The van der Waals surface area contributed by atoms with E-state index in [1.165, 1.54) is 23.6 Å². The highest BCUT2D eigenvalue weighted by atomic mass is 32.1. The van der Waals surface area contributed by atoms with Crippen molar-refractivity contribution in [1.29, 1.82) is 0 Å². The van der Waals surface area contributed by atoms with Crippen molar-refractivity contribution in [2.45, 2.75) is 49.9 Å². The summed E-state index contributed by atoms with van der Waals surface area (Å²) in [5, 5.41) is 5.44. The first-order chi connectivity index (χ1) is 30.3. The van der Waals surface area contributed by atoms with Gasteiger partial charge in [-0.25, -0.2) is 19.6 Å². The summed E-state index contributed by atoms with van der Waals surface area (Å²) in [5.74, 6) is 1.01. The smallest absolute Gasteiger partial charge is 0.407 e. The van der Waals surface area contributed by atoms with Crippen molar-refractivity contribution in [3.63, 3.8) is 0 Å². The van der Waals surface area contributed by atoms with E-state index in [9.17, 15) is 19.2 Å². The van der Waals surface area contributed by atoms with E-state index in [-0.39, 0.29) is 23.9 Å². The van der Waals surface area contributed by atoms with E-state index in [1.54, 1.807) is 32.5 Å². The van der Waals surface area contributed by atoms with Crippen molar-refractivity contribution >= 4 is 56.1 Å². The van der Waals surface area contributed by atoms with Crippen LogP contribution in [0.15, 0.2) is 109 Å². The molecule has 0 saturated carbocycles. The van der Waals surface area contributed by atoms with Crippen LogP contribution in [-0.4, -0.2) is 81.0 Å². The van der Waals surface area contributed by atoms with E-state index in [1.807, 2.05) is 73.1 Å². The molecule has 0 bridgehead atoms. The molecule has 9 rings (SSSR count). The van der Waals surface area contributed by atoms with E-state index in [4.69, 9.17) is 19.4 Å². The Morgan fingerprint density at radius 3 is 1.60 bits per heavy atom. The standard InChI is InChI=1S/C46H44N8O6S2/c1-59-45(57)51-39(29-11-5-3-6-12-29)43(55)53-21-9-15-33(53)41-47-25-31(49-41)27-17-19-28(20-18-27)35-23-37-38(61-35)24-36(62-37)32-26-48-42(50-32)34-16-10-22-54(34)44(56)40(52-46(58)60-2)30-13-7-4-8-14-30/h3-8,11-14,17-20,23-26,33-34,39-40H,9-10,15-16,21-22H2,1-2H3,(H,47,49)(H,48,50)(H,51,57)(H,52,58). The summed E-state index contributed by atoms with van der Waals surface area (Å²) in [5.41, 5.74) is 5.19. The van der Waals surface area contributed by atoms with Gasteiger partial charge in [-0.05, 0) is 60.1 Å². The first kappa shape index (κ1) is 40.6. The first-order valence-corrected chi connectivity index (χ1v) is 22.1. The van der Waals surface area contributed by atoms with Gasteiger partial charge >= 0.3 is 12.2 Å². The number of fused-ring (bicyclic) bond motifs is 1. The van der Waals surface area contributed by atoms with Gasteiger partial charge in [-0.1, -0.05) is 84.9 Å². The van der Waals surface area contributed by atoms with E-state index in [0.717, 1.165) is 63.8 Å². The Morgan fingerprint density at radius 1 is 0.629 bits per heavy atom. The molecule has 0 aliphatic carbocycles. The molecule has 16 heteroatoms. The van der Waals surface area contributed by atoms with E-state index < -0.39 is 24.3 Å². The molecule has 0 radical (unpaired) electrons. The van der Waals surface area contributed by atoms with Gasteiger partial charge in [-0.15, -0.1) is 22.7 Å². The van der Waals surface area contributed by atoms with Crippen LogP contribution in [0.4, 0.5) is 9.59 Å². The van der Waals surface area contributed by atoms with Crippen LogP contribution in [0, 0.1) is 0 Å². The number of aromatic nitrogens is 4. The minimum absolute atomic E-state index is 0.206. The van der Waals surface area contributed by atoms with Gasteiger partial charge in [0.1, 0.15) is 23.7 Å².